The van der Waals surface area contributed by atoms with Crippen molar-refractivity contribution in [3.8, 4) is 17.2 Å². The number of methoxy groups -OCH3 is 2. The molecule has 5 aromatic rings. The van der Waals surface area contributed by atoms with Crippen molar-refractivity contribution < 1.29 is 33.3 Å². The average molecular weight is 684 g/mol. The van der Waals surface area contributed by atoms with Crippen LogP contribution in [0.1, 0.15) is 33.9 Å². The van der Waals surface area contributed by atoms with E-state index in [1.807, 2.05) is 61.5 Å². The molecule has 1 saturated heterocycles. The van der Waals surface area contributed by atoms with Crippen molar-refractivity contribution in [2.75, 3.05) is 19.1 Å². The molecule has 1 fully saturated rings. The minimum atomic E-state index is -1.14. The second-order valence-electron chi connectivity index (χ2n) is 10.8. The van der Waals surface area contributed by atoms with Gasteiger partial charge in [-0.3, -0.25) is 14.5 Å². The number of hydrogen-bond donors (Lipinski definition) is 1. The third-order valence-electron chi connectivity index (χ3n) is 7.70. The highest BCUT2D eigenvalue weighted by Crippen LogP contribution is 2.46. The van der Waals surface area contributed by atoms with E-state index in [4.69, 9.17) is 14.2 Å². The van der Waals surface area contributed by atoms with Crippen molar-refractivity contribution in [3.05, 3.63) is 130 Å². The van der Waals surface area contributed by atoms with Gasteiger partial charge in [0.2, 0.25) is 5.13 Å². The molecule has 4 aromatic carbocycles. The number of ketones is 1. The Bertz CT molecular complexity index is 2000. The SMILES string of the molecule is COc1ccc(C(O)=C2C(=O)C(=O)N(c3nnc(SCc4ccc(C)cc4)s3)[C@H]2c2ccc(OCc3ccccc3)c(OC)c2)cc1F. The fourth-order valence-electron chi connectivity index (χ4n) is 5.21. The molecule has 0 bridgehead atoms. The molecule has 0 saturated carbocycles. The van der Waals surface area contributed by atoms with Gasteiger partial charge in [0.05, 0.1) is 25.8 Å². The molecule has 48 heavy (non-hydrogen) atoms. The van der Waals surface area contributed by atoms with Gasteiger partial charge in [0, 0.05) is 11.3 Å². The molecule has 0 aliphatic carbocycles. The first kappa shape index (κ1) is 32.7. The molecule has 1 N–H and O–H groups in total. The molecule has 1 aromatic heterocycles. The van der Waals surface area contributed by atoms with Crippen LogP contribution in [0.4, 0.5) is 9.52 Å². The zero-order valence-electron chi connectivity index (χ0n) is 26.2. The number of aryl methyl sites for hydroxylation is 1. The summed E-state index contributed by atoms with van der Waals surface area (Å²) in [4.78, 5) is 28.6. The number of benzene rings is 4. The largest absolute Gasteiger partial charge is 0.507 e. The molecule has 1 aliphatic rings. The summed E-state index contributed by atoms with van der Waals surface area (Å²) in [7, 11) is 2.80. The molecule has 0 radical (unpaired) electrons. The molecule has 9 nitrogen and oxygen atoms in total. The maximum absolute atomic E-state index is 14.7. The van der Waals surface area contributed by atoms with Crippen molar-refractivity contribution in [1.82, 2.24) is 10.2 Å². The van der Waals surface area contributed by atoms with Crippen molar-refractivity contribution >= 4 is 45.7 Å². The van der Waals surface area contributed by atoms with E-state index in [0.29, 0.717) is 27.2 Å². The molecular weight excluding hydrogens is 654 g/mol. The fraction of sp³-hybridized carbons (Fsp3) is 0.167. The number of aliphatic hydroxyl groups excluding tert-OH is 1. The van der Waals surface area contributed by atoms with E-state index in [1.165, 1.54) is 43.0 Å². The number of halogens is 1. The van der Waals surface area contributed by atoms with Gasteiger partial charge in [0.25, 0.3) is 5.78 Å². The van der Waals surface area contributed by atoms with Crippen molar-refractivity contribution in [1.29, 1.82) is 0 Å². The van der Waals surface area contributed by atoms with Gasteiger partial charge >= 0.3 is 5.91 Å². The van der Waals surface area contributed by atoms with Gasteiger partial charge in [-0.05, 0) is 53.9 Å². The number of rotatable bonds is 11. The Hall–Kier alpha value is -5.20. The highest BCUT2D eigenvalue weighted by Gasteiger charge is 2.48. The third-order valence-corrected chi connectivity index (χ3v) is 9.82. The second kappa shape index (κ2) is 14.3. The van der Waals surface area contributed by atoms with Crippen LogP contribution in [0.15, 0.2) is 101 Å². The van der Waals surface area contributed by atoms with Gasteiger partial charge in [-0.1, -0.05) is 89.3 Å². The van der Waals surface area contributed by atoms with Crippen molar-refractivity contribution in [2.45, 2.75) is 29.7 Å². The molecule has 2 heterocycles. The lowest BCUT2D eigenvalue weighted by atomic mass is 9.95. The Morgan fingerprint density at radius 1 is 0.896 bits per heavy atom. The number of nitrogens with zero attached hydrogens (tertiary/aromatic N) is 3. The molecule has 1 amide bonds. The molecule has 1 aliphatic heterocycles. The number of anilines is 1. The molecule has 6 rings (SSSR count). The molecular formula is C36H30FN3O6S2. The number of Topliss-reactive ketones (excluding diaryl/α,β-unsaturated/α-hetero) is 1. The van der Waals surface area contributed by atoms with Crippen LogP contribution < -0.4 is 19.1 Å². The lowest BCUT2D eigenvalue weighted by Crippen LogP contribution is -2.29. The smallest absolute Gasteiger partial charge is 0.301 e. The van der Waals surface area contributed by atoms with Crippen LogP contribution in [0.25, 0.3) is 5.76 Å². The Balaban J connectivity index is 1.39. The van der Waals surface area contributed by atoms with Crippen LogP contribution in [-0.4, -0.2) is 41.2 Å². The number of aromatic nitrogens is 2. The Kier molecular flexibility index (Phi) is 9.74. The van der Waals surface area contributed by atoms with Gasteiger partial charge in [-0.25, -0.2) is 4.39 Å². The number of aliphatic hydroxyl groups is 1. The number of hydrogen-bond acceptors (Lipinski definition) is 10. The van der Waals surface area contributed by atoms with Crippen LogP contribution >= 0.6 is 23.1 Å². The van der Waals surface area contributed by atoms with E-state index in [9.17, 15) is 19.1 Å². The summed E-state index contributed by atoms with van der Waals surface area (Å²) < 4.78 is 32.0. The maximum atomic E-state index is 14.7. The highest BCUT2D eigenvalue weighted by molar-refractivity contribution is 8.00. The lowest BCUT2D eigenvalue weighted by molar-refractivity contribution is -0.132. The molecule has 12 heteroatoms. The summed E-state index contributed by atoms with van der Waals surface area (Å²) in [6.45, 7) is 2.30. The van der Waals surface area contributed by atoms with Crippen LogP contribution in [0.5, 0.6) is 17.2 Å². The van der Waals surface area contributed by atoms with E-state index in [2.05, 4.69) is 10.2 Å². The number of carbonyl (C=O) groups is 2. The number of ether oxygens (including phenoxy) is 3. The van der Waals surface area contributed by atoms with Gasteiger partial charge < -0.3 is 19.3 Å². The predicted molar refractivity (Wildman–Crippen MR) is 182 cm³/mol. The third kappa shape index (κ3) is 6.76. The first-order valence-corrected chi connectivity index (χ1v) is 16.6. The molecule has 244 valence electrons. The van der Waals surface area contributed by atoms with Crippen LogP contribution in [0.3, 0.4) is 0 Å². The summed E-state index contributed by atoms with van der Waals surface area (Å²) in [5.41, 5.74) is 3.39. The van der Waals surface area contributed by atoms with Gasteiger partial charge in [0.1, 0.15) is 12.4 Å². The van der Waals surface area contributed by atoms with E-state index >= 15 is 0 Å². The summed E-state index contributed by atoms with van der Waals surface area (Å²) in [6.07, 6.45) is 0. The molecule has 1 atom stereocenters. The Morgan fingerprint density at radius 3 is 2.33 bits per heavy atom. The van der Waals surface area contributed by atoms with E-state index in [0.717, 1.165) is 34.1 Å². The first-order valence-electron chi connectivity index (χ1n) is 14.8. The Morgan fingerprint density at radius 2 is 1.62 bits per heavy atom. The zero-order valence-corrected chi connectivity index (χ0v) is 27.8. The average Bonchev–Trinajstić information content (AvgIpc) is 3.68. The van der Waals surface area contributed by atoms with E-state index < -0.39 is 29.3 Å². The molecule has 0 spiro atoms. The van der Waals surface area contributed by atoms with Crippen LogP contribution in [0, 0.1) is 12.7 Å². The van der Waals surface area contributed by atoms with E-state index in [-0.39, 0.29) is 28.6 Å². The van der Waals surface area contributed by atoms with Gasteiger partial charge in [-0.2, -0.15) is 0 Å². The van der Waals surface area contributed by atoms with Gasteiger partial charge in [0.15, 0.2) is 27.4 Å². The first-order chi connectivity index (χ1) is 23.3. The fourth-order valence-corrected chi connectivity index (χ4v) is 7.03. The van der Waals surface area contributed by atoms with Gasteiger partial charge in [-0.15, -0.1) is 10.2 Å². The number of carbonyl (C=O) groups excluding carboxylic acids is 2. The van der Waals surface area contributed by atoms with Crippen LogP contribution in [0.2, 0.25) is 0 Å². The summed E-state index contributed by atoms with van der Waals surface area (Å²) >= 11 is 2.60. The zero-order chi connectivity index (χ0) is 33.8. The number of thioether (sulfide) groups is 1. The van der Waals surface area contributed by atoms with E-state index in [1.54, 1.807) is 18.2 Å². The Labute approximate surface area is 284 Å². The maximum Gasteiger partial charge on any atom is 0.301 e. The predicted octanol–water partition coefficient (Wildman–Crippen LogP) is 7.50. The minimum Gasteiger partial charge on any atom is -0.507 e. The minimum absolute atomic E-state index is 0.00214. The quantitative estimate of drug-likeness (QED) is 0.0498. The summed E-state index contributed by atoms with van der Waals surface area (Å²) in [6, 6.07) is 25.4. The normalized spacial score (nSPS) is 15.5. The van der Waals surface area contributed by atoms with Crippen LogP contribution in [-0.2, 0) is 21.9 Å². The summed E-state index contributed by atoms with van der Waals surface area (Å²) in [5.74, 6) is -1.80. The monoisotopic (exact) mass is 683 g/mol. The second-order valence-corrected chi connectivity index (χ2v) is 13.0. The van der Waals surface area contributed by atoms with Crippen molar-refractivity contribution in [3.63, 3.8) is 0 Å². The standard InChI is InChI=1S/C36H30FN3O6S2/c1-21-9-11-23(12-10-21)20-47-36-39-38-35(48-36)40-31(24-13-16-28(29(18-24)45-3)46-19-22-7-5-4-6-8-22)30(33(42)34(40)43)32(41)25-14-15-27(44-2)26(37)17-25/h4-18,31,41H,19-20H2,1-3H3/t31-/m0/s1. The lowest BCUT2D eigenvalue weighted by Gasteiger charge is -2.23. The topological polar surface area (TPSA) is 111 Å². The van der Waals surface area contributed by atoms with Crippen molar-refractivity contribution in [2.24, 2.45) is 0 Å². The highest BCUT2D eigenvalue weighted by atomic mass is 32.2. The summed E-state index contributed by atoms with van der Waals surface area (Å²) in [5, 5.41) is 20.2. The number of amides is 1. The molecule has 0 unspecified atom stereocenters.